The average Bonchev–Trinajstić information content (AvgIpc) is 2.63. The van der Waals surface area contributed by atoms with Gasteiger partial charge in [-0.25, -0.2) is 0 Å². The lowest BCUT2D eigenvalue weighted by Crippen LogP contribution is -2.43. The van der Waals surface area contributed by atoms with E-state index in [0.717, 1.165) is 58.3 Å². The van der Waals surface area contributed by atoms with Gasteiger partial charge in [-0.3, -0.25) is 4.79 Å². The van der Waals surface area contributed by atoms with Crippen molar-refractivity contribution in [2.45, 2.75) is 51.9 Å². The first-order chi connectivity index (χ1) is 9.50. The second kappa shape index (κ2) is 8.63. The Morgan fingerprint density at radius 1 is 1.10 bits per heavy atom. The molecule has 1 N–H and O–H groups in total. The minimum Gasteiger partial charge on any atom is -0.481 e. The molecular weight excluding hydrogens is 252 g/mol. The van der Waals surface area contributed by atoms with Crippen LogP contribution in [0.15, 0.2) is 0 Å². The van der Waals surface area contributed by atoms with Crippen molar-refractivity contribution in [2.24, 2.45) is 5.41 Å². The van der Waals surface area contributed by atoms with Crippen molar-refractivity contribution in [3.8, 4) is 0 Å². The first kappa shape index (κ1) is 17.4. The van der Waals surface area contributed by atoms with E-state index in [0.29, 0.717) is 0 Å². The van der Waals surface area contributed by atoms with Gasteiger partial charge in [-0.05, 0) is 53.0 Å². The van der Waals surface area contributed by atoms with Crippen LogP contribution < -0.4 is 0 Å². The van der Waals surface area contributed by atoms with Gasteiger partial charge in [0.1, 0.15) is 0 Å². The van der Waals surface area contributed by atoms with Gasteiger partial charge in [0.2, 0.25) is 0 Å². The van der Waals surface area contributed by atoms with Crippen molar-refractivity contribution < 1.29 is 9.90 Å². The van der Waals surface area contributed by atoms with Gasteiger partial charge in [0.15, 0.2) is 0 Å². The lowest BCUT2D eigenvalue weighted by atomic mass is 9.80. The highest BCUT2D eigenvalue weighted by molar-refractivity contribution is 5.75. The molecule has 4 heteroatoms. The summed E-state index contributed by atoms with van der Waals surface area (Å²) in [6, 6.07) is 0. The number of aliphatic carboxylic acids is 1. The molecule has 4 nitrogen and oxygen atoms in total. The second-order valence-corrected chi connectivity index (χ2v) is 6.53. The van der Waals surface area contributed by atoms with E-state index in [1.807, 2.05) is 0 Å². The van der Waals surface area contributed by atoms with E-state index in [2.05, 4.69) is 30.8 Å². The van der Waals surface area contributed by atoms with Crippen LogP contribution in [-0.4, -0.2) is 61.2 Å². The van der Waals surface area contributed by atoms with E-state index in [1.165, 1.54) is 12.8 Å². The van der Waals surface area contributed by atoms with Crippen LogP contribution >= 0.6 is 0 Å². The maximum Gasteiger partial charge on any atom is 0.310 e. The Hall–Kier alpha value is -0.610. The fourth-order valence-corrected chi connectivity index (χ4v) is 3.23. The zero-order valence-corrected chi connectivity index (χ0v) is 13.5. The molecule has 1 aliphatic rings. The molecule has 0 aromatic heterocycles. The second-order valence-electron chi connectivity index (χ2n) is 6.53. The average molecular weight is 284 g/mol. The van der Waals surface area contributed by atoms with Crippen molar-refractivity contribution in [3.63, 3.8) is 0 Å². The summed E-state index contributed by atoms with van der Waals surface area (Å²) in [5.41, 5.74) is -0.495. The molecule has 0 bridgehead atoms. The lowest BCUT2D eigenvalue weighted by Gasteiger charge is -2.34. The molecule has 1 aliphatic carbocycles. The third-order valence-corrected chi connectivity index (χ3v) is 4.57. The molecular formula is C16H32N2O2. The van der Waals surface area contributed by atoms with Crippen LogP contribution in [0, 0.1) is 5.41 Å². The van der Waals surface area contributed by atoms with Crippen LogP contribution in [0.4, 0.5) is 0 Å². The molecule has 0 amide bonds. The molecule has 0 saturated heterocycles. The number of hydrogen-bond acceptors (Lipinski definition) is 3. The molecule has 118 valence electrons. The molecule has 0 unspecified atom stereocenters. The van der Waals surface area contributed by atoms with Crippen molar-refractivity contribution in [2.75, 3.05) is 40.3 Å². The first-order valence-corrected chi connectivity index (χ1v) is 8.10. The quantitative estimate of drug-likeness (QED) is 0.696. The van der Waals surface area contributed by atoms with Gasteiger partial charge in [0.05, 0.1) is 5.41 Å². The Kier molecular flexibility index (Phi) is 7.52. The lowest BCUT2D eigenvalue weighted by molar-refractivity contribution is -0.151. The highest BCUT2D eigenvalue weighted by Gasteiger charge is 2.39. The van der Waals surface area contributed by atoms with E-state index in [-0.39, 0.29) is 0 Å². The van der Waals surface area contributed by atoms with Gasteiger partial charge in [-0.15, -0.1) is 0 Å². The van der Waals surface area contributed by atoms with Crippen LogP contribution in [-0.2, 0) is 4.79 Å². The van der Waals surface area contributed by atoms with Crippen molar-refractivity contribution in [3.05, 3.63) is 0 Å². The predicted octanol–water partition coefficient (Wildman–Crippen LogP) is 2.69. The summed E-state index contributed by atoms with van der Waals surface area (Å²) in [6.07, 6.45) is 7.35. The molecule has 0 aliphatic heterocycles. The smallest absolute Gasteiger partial charge is 0.310 e. The van der Waals surface area contributed by atoms with Gasteiger partial charge in [-0.2, -0.15) is 0 Å². The van der Waals surface area contributed by atoms with E-state index in [9.17, 15) is 9.90 Å². The number of carboxylic acid groups (broad SMARTS) is 1. The molecule has 0 heterocycles. The topological polar surface area (TPSA) is 43.8 Å². The molecule has 1 rings (SSSR count). The third kappa shape index (κ3) is 5.41. The maximum absolute atomic E-state index is 11.8. The number of carboxylic acids is 1. The molecule has 1 fully saturated rings. The minimum absolute atomic E-state index is 0.495. The molecule has 0 aromatic carbocycles. The van der Waals surface area contributed by atoms with Crippen LogP contribution in [0.5, 0.6) is 0 Å². The monoisotopic (exact) mass is 284 g/mol. The molecule has 0 spiro atoms. The Morgan fingerprint density at radius 2 is 1.70 bits per heavy atom. The van der Waals surface area contributed by atoms with Crippen LogP contribution in [0.2, 0.25) is 0 Å². The normalized spacial score (nSPS) is 19.2. The number of rotatable bonds is 8. The third-order valence-electron chi connectivity index (χ3n) is 4.57. The van der Waals surface area contributed by atoms with Crippen molar-refractivity contribution in [1.29, 1.82) is 0 Å². The fraction of sp³-hybridized carbons (Fsp3) is 0.938. The van der Waals surface area contributed by atoms with Gasteiger partial charge in [-0.1, -0.05) is 32.6 Å². The molecule has 0 atom stereocenters. The first-order valence-electron chi connectivity index (χ1n) is 8.10. The Balaban J connectivity index is 2.59. The van der Waals surface area contributed by atoms with Crippen molar-refractivity contribution >= 4 is 5.97 Å². The number of carbonyl (C=O) groups is 1. The number of nitrogens with zero attached hydrogens (tertiary/aromatic N) is 2. The SMILES string of the molecule is CCN(CCCN(C)C)CC1(C(=O)O)CCCCCC1. The molecule has 0 aromatic rings. The molecule has 20 heavy (non-hydrogen) atoms. The number of hydrogen-bond donors (Lipinski definition) is 1. The van der Waals surface area contributed by atoms with Gasteiger partial charge in [0.25, 0.3) is 0 Å². The predicted molar refractivity (Wildman–Crippen MR) is 83.1 cm³/mol. The Bertz CT molecular complexity index is 284. The van der Waals surface area contributed by atoms with E-state index in [4.69, 9.17) is 0 Å². The summed E-state index contributed by atoms with van der Waals surface area (Å²) in [6.45, 7) is 5.89. The van der Waals surface area contributed by atoms with Crippen LogP contribution in [0.3, 0.4) is 0 Å². The highest BCUT2D eigenvalue weighted by Crippen LogP contribution is 2.36. The summed E-state index contributed by atoms with van der Waals surface area (Å²) in [4.78, 5) is 16.4. The summed E-state index contributed by atoms with van der Waals surface area (Å²) < 4.78 is 0. The largest absolute Gasteiger partial charge is 0.481 e. The van der Waals surface area contributed by atoms with Crippen molar-refractivity contribution in [1.82, 2.24) is 9.80 Å². The van der Waals surface area contributed by atoms with Gasteiger partial charge >= 0.3 is 5.97 Å². The summed E-state index contributed by atoms with van der Waals surface area (Å²) in [7, 11) is 4.17. The van der Waals surface area contributed by atoms with Crippen LogP contribution in [0.25, 0.3) is 0 Å². The van der Waals surface area contributed by atoms with E-state index in [1.54, 1.807) is 0 Å². The summed E-state index contributed by atoms with van der Waals surface area (Å²) >= 11 is 0. The Morgan fingerprint density at radius 3 is 2.15 bits per heavy atom. The standard InChI is InChI=1S/C16H32N2O2/c1-4-18(13-9-12-17(2)3)14-16(15(19)20)10-7-5-6-8-11-16/h4-14H2,1-3H3,(H,19,20). The zero-order valence-electron chi connectivity index (χ0n) is 13.5. The molecule has 1 saturated carbocycles. The Labute approximate surface area is 124 Å². The zero-order chi connectivity index (χ0) is 15.0. The van der Waals surface area contributed by atoms with Crippen LogP contribution in [0.1, 0.15) is 51.9 Å². The summed E-state index contributed by atoms with van der Waals surface area (Å²) in [5, 5.41) is 9.74. The maximum atomic E-state index is 11.8. The minimum atomic E-state index is -0.578. The van der Waals surface area contributed by atoms with Gasteiger partial charge < -0.3 is 14.9 Å². The van der Waals surface area contributed by atoms with E-state index >= 15 is 0 Å². The summed E-state index contributed by atoms with van der Waals surface area (Å²) in [5.74, 6) is -0.578. The van der Waals surface area contributed by atoms with Gasteiger partial charge in [0, 0.05) is 6.54 Å². The molecule has 0 radical (unpaired) electrons. The van der Waals surface area contributed by atoms with E-state index < -0.39 is 11.4 Å². The fourth-order valence-electron chi connectivity index (χ4n) is 3.23. The highest BCUT2D eigenvalue weighted by atomic mass is 16.4.